The van der Waals surface area contributed by atoms with E-state index in [9.17, 15) is 14.0 Å². The molecule has 0 spiro atoms. The van der Waals surface area contributed by atoms with Crippen molar-refractivity contribution < 1.29 is 14.0 Å². The molecule has 0 aliphatic heterocycles. The average molecular weight is 412 g/mol. The van der Waals surface area contributed by atoms with Gasteiger partial charge in [0.05, 0.1) is 0 Å². The van der Waals surface area contributed by atoms with E-state index < -0.39 is 11.9 Å². The second kappa shape index (κ2) is 9.57. The van der Waals surface area contributed by atoms with Crippen molar-refractivity contribution in [2.24, 2.45) is 5.73 Å². The number of amides is 2. The molecule has 0 radical (unpaired) electrons. The first kappa shape index (κ1) is 23.1. The van der Waals surface area contributed by atoms with E-state index in [0.29, 0.717) is 5.56 Å². The van der Waals surface area contributed by atoms with Crippen LogP contribution in [0.3, 0.4) is 0 Å². The van der Waals surface area contributed by atoms with Gasteiger partial charge in [-0.25, -0.2) is 4.39 Å². The zero-order valence-corrected chi connectivity index (χ0v) is 18.4. The number of carbonyl (C=O) groups is 2. The Morgan fingerprint density at radius 1 is 1.03 bits per heavy atom. The van der Waals surface area contributed by atoms with Gasteiger partial charge in [-0.05, 0) is 87.6 Å². The number of hydrogen-bond acceptors (Lipinski definition) is 3. The molecular formula is C24H30FN3O2. The molecule has 0 aliphatic rings. The number of nitrogens with one attached hydrogen (secondary N) is 2. The van der Waals surface area contributed by atoms with Crippen LogP contribution in [0.15, 0.2) is 36.4 Å². The van der Waals surface area contributed by atoms with Gasteiger partial charge < -0.3 is 16.4 Å². The summed E-state index contributed by atoms with van der Waals surface area (Å²) in [6.07, 6.45) is 1.44. The third-order valence-corrected chi connectivity index (χ3v) is 4.84. The van der Waals surface area contributed by atoms with Crippen LogP contribution in [-0.2, 0) is 9.59 Å². The maximum atomic E-state index is 14.8. The smallest absolute Gasteiger partial charge is 0.244 e. The molecule has 1 atom stereocenters. The summed E-state index contributed by atoms with van der Waals surface area (Å²) in [6.45, 7) is 11.2. The zero-order chi connectivity index (χ0) is 22.6. The van der Waals surface area contributed by atoms with Crippen LogP contribution in [0.4, 0.5) is 10.1 Å². The number of benzene rings is 2. The van der Waals surface area contributed by atoms with Crippen molar-refractivity contribution in [3.05, 3.63) is 58.9 Å². The Balaban J connectivity index is 2.34. The molecule has 0 aliphatic carbocycles. The Bertz CT molecular complexity index is 996. The second-order valence-corrected chi connectivity index (χ2v) is 7.94. The normalized spacial score (nSPS) is 12.6. The number of nitrogens with two attached hydrogens (primary N) is 1. The van der Waals surface area contributed by atoms with Crippen LogP contribution in [0, 0.1) is 19.7 Å². The summed E-state index contributed by atoms with van der Waals surface area (Å²) in [6, 6.07) is 8.51. The minimum atomic E-state index is -0.747. The summed E-state index contributed by atoms with van der Waals surface area (Å²) in [4.78, 5) is 23.2. The Kier molecular flexibility index (Phi) is 7.38. The van der Waals surface area contributed by atoms with Gasteiger partial charge in [-0.15, -0.1) is 0 Å². The molecule has 4 N–H and O–H groups in total. The lowest BCUT2D eigenvalue weighted by Crippen LogP contribution is -2.41. The molecule has 0 saturated heterocycles. The summed E-state index contributed by atoms with van der Waals surface area (Å²) in [5.74, 6) is -1.27. The number of hydrogen-bond donors (Lipinski definition) is 3. The number of anilines is 1. The van der Waals surface area contributed by atoms with E-state index in [1.165, 1.54) is 19.1 Å². The monoisotopic (exact) mass is 411 g/mol. The van der Waals surface area contributed by atoms with E-state index in [4.69, 9.17) is 5.73 Å². The maximum Gasteiger partial charge on any atom is 0.244 e. The number of aryl methyl sites for hydroxylation is 2. The highest BCUT2D eigenvalue weighted by atomic mass is 19.1. The van der Waals surface area contributed by atoms with E-state index in [1.807, 2.05) is 52.8 Å². The minimum absolute atomic E-state index is 0.219. The van der Waals surface area contributed by atoms with Crippen molar-refractivity contribution in [3.8, 4) is 11.1 Å². The topological polar surface area (TPSA) is 84.2 Å². The van der Waals surface area contributed by atoms with Gasteiger partial charge in [-0.1, -0.05) is 12.1 Å². The highest BCUT2D eigenvalue weighted by molar-refractivity contribution is 5.97. The molecule has 0 saturated carbocycles. The average Bonchev–Trinajstić information content (AvgIpc) is 2.62. The van der Waals surface area contributed by atoms with Crippen molar-refractivity contribution in [1.29, 1.82) is 0 Å². The highest BCUT2D eigenvalue weighted by Crippen LogP contribution is 2.32. The molecule has 0 heterocycles. The fraction of sp³-hybridized carbons (Fsp3) is 0.333. The molecular weight excluding hydrogens is 381 g/mol. The molecule has 2 aromatic carbocycles. The molecule has 0 unspecified atom stereocenters. The van der Waals surface area contributed by atoms with Crippen molar-refractivity contribution in [3.63, 3.8) is 0 Å². The van der Waals surface area contributed by atoms with Crippen molar-refractivity contribution in [1.82, 2.24) is 5.32 Å². The number of allylic oxidation sites excluding steroid dienone is 1. The third kappa shape index (κ3) is 5.69. The lowest BCUT2D eigenvalue weighted by Gasteiger charge is -2.16. The third-order valence-electron chi connectivity index (χ3n) is 4.84. The molecule has 2 rings (SSSR count). The van der Waals surface area contributed by atoms with Gasteiger partial charge in [-0.3, -0.25) is 9.59 Å². The predicted molar refractivity (Wildman–Crippen MR) is 121 cm³/mol. The van der Waals surface area contributed by atoms with Crippen LogP contribution in [0.5, 0.6) is 0 Å². The van der Waals surface area contributed by atoms with Crippen LogP contribution in [0.2, 0.25) is 0 Å². The second-order valence-electron chi connectivity index (χ2n) is 7.94. The number of carbonyl (C=O) groups excluding carboxylic acids is 2. The fourth-order valence-electron chi connectivity index (χ4n) is 3.29. The van der Waals surface area contributed by atoms with Gasteiger partial charge in [0.25, 0.3) is 0 Å². The van der Waals surface area contributed by atoms with Gasteiger partial charge in [0.2, 0.25) is 11.8 Å². The van der Waals surface area contributed by atoms with Gasteiger partial charge in [0.15, 0.2) is 0 Å². The summed E-state index contributed by atoms with van der Waals surface area (Å²) in [5, 5.41) is 5.73. The summed E-state index contributed by atoms with van der Waals surface area (Å²) >= 11 is 0. The van der Waals surface area contributed by atoms with Crippen LogP contribution >= 0.6 is 0 Å². The van der Waals surface area contributed by atoms with E-state index in [0.717, 1.165) is 33.5 Å². The fourth-order valence-corrected chi connectivity index (χ4v) is 3.29. The van der Waals surface area contributed by atoms with Crippen LogP contribution in [0.1, 0.15) is 44.4 Å². The number of rotatable bonds is 7. The van der Waals surface area contributed by atoms with E-state index in [-0.39, 0.29) is 17.8 Å². The number of primary amides is 1. The Labute approximate surface area is 177 Å². The Morgan fingerprint density at radius 3 is 2.27 bits per heavy atom. The SMILES string of the molecule is CC(=CC(=O)N[C@H](C)C(N)=O)c1cc(C)c(-c2ccc(NC(C)C)cc2F)cc1C. The van der Waals surface area contributed by atoms with E-state index >= 15 is 0 Å². The predicted octanol–water partition coefficient (Wildman–Crippen LogP) is 4.32. The first-order valence-electron chi connectivity index (χ1n) is 9.95. The molecule has 0 bridgehead atoms. The van der Waals surface area contributed by atoms with Crippen LogP contribution in [0.25, 0.3) is 16.7 Å². The largest absolute Gasteiger partial charge is 0.383 e. The van der Waals surface area contributed by atoms with Gasteiger partial charge in [0.1, 0.15) is 11.9 Å². The van der Waals surface area contributed by atoms with Crippen molar-refractivity contribution in [2.75, 3.05) is 5.32 Å². The molecule has 2 aromatic rings. The van der Waals surface area contributed by atoms with Gasteiger partial charge in [-0.2, -0.15) is 0 Å². The summed E-state index contributed by atoms with van der Waals surface area (Å²) < 4.78 is 14.8. The summed E-state index contributed by atoms with van der Waals surface area (Å²) in [7, 11) is 0. The maximum absolute atomic E-state index is 14.8. The molecule has 0 aromatic heterocycles. The number of halogens is 1. The van der Waals surface area contributed by atoms with Crippen molar-refractivity contribution >= 4 is 23.1 Å². The van der Waals surface area contributed by atoms with Crippen LogP contribution < -0.4 is 16.4 Å². The first-order chi connectivity index (χ1) is 14.0. The van der Waals surface area contributed by atoms with E-state index in [1.54, 1.807) is 6.07 Å². The quantitative estimate of drug-likeness (QED) is 0.593. The molecule has 5 nitrogen and oxygen atoms in total. The summed E-state index contributed by atoms with van der Waals surface area (Å²) in [5.41, 5.74) is 10.7. The zero-order valence-electron chi connectivity index (χ0n) is 18.4. The molecule has 6 heteroatoms. The van der Waals surface area contributed by atoms with Gasteiger partial charge in [0, 0.05) is 23.4 Å². The van der Waals surface area contributed by atoms with E-state index in [2.05, 4.69) is 10.6 Å². The molecule has 160 valence electrons. The standard InChI is InChI=1S/C24H30FN3O2/c1-13(2)27-18-7-8-19(22(25)12-18)21-10-14(3)20(9-15(21)4)16(5)11-23(29)28-17(6)24(26)30/h7-13,17,27H,1-6H3,(H2,26,30)(H,28,29)/t17-/m1/s1. The minimum Gasteiger partial charge on any atom is -0.383 e. The van der Waals surface area contributed by atoms with Crippen molar-refractivity contribution in [2.45, 2.75) is 53.6 Å². The molecule has 2 amide bonds. The highest BCUT2D eigenvalue weighted by Gasteiger charge is 2.14. The Morgan fingerprint density at radius 2 is 1.70 bits per heavy atom. The molecule has 0 fully saturated rings. The lowest BCUT2D eigenvalue weighted by molar-refractivity contribution is -0.124. The lowest BCUT2D eigenvalue weighted by atomic mass is 9.91. The Hall–Kier alpha value is -3.15. The molecule has 30 heavy (non-hydrogen) atoms. The van der Waals surface area contributed by atoms with Gasteiger partial charge >= 0.3 is 0 Å². The first-order valence-corrected chi connectivity index (χ1v) is 9.95. The van der Waals surface area contributed by atoms with Crippen LogP contribution in [-0.4, -0.2) is 23.9 Å².